The van der Waals surface area contributed by atoms with Crippen molar-refractivity contribution < 1.29 is 4.74 Å². The summed E-state index contributed by atoms with van der Waals surface area (Å²) in [5.74, 6) is 0.916. The van der Waals surface area contributed by atoms with Crippen LogP contribution in [0.3, 0.4) is 0 Å². The average molecular weight is 284 g/mol. The average Bonchev–Trinajstić information content (AvgIpc) is 2.49. The topological polar surface area (TPSA) is 24.5 Å². The van der Waals surface area contributed by atoms with Gasteiger partial charge in [-0.3, -0.25) is 0 Å². The minimum absolute atomic E-state index is 0.916. The minimum Gasteiger partial charge on any atom is -0.497 e. The van der Waals surface area contributed by atoms with E-state index in [-0.39, 0.29) is 0 Å². The highest BCUT2D eigenvalue weighted by atomic mass is 16.5. The van der Waals surface area contributed by atoms with E-state index in [1.165, 1.54) is 16.8 Å². The van der Waals surface area contributed by atoms with E-state index in [9.17, 15) is 0 Å². The summed E-state index contributed by atoms with van der Waals surface area (Å²) in [5, 5.41) is 3.49. The second-order valence-electron chi connectivity index (χ2n) is 5.33. The Labute approximate surface area is 127 Å². The summed E-state index contributed by atoms with van der Waals surface area (Å²) in [6.07, 6.45) is 0. The number of ether oxygens (including phenoxy) is 1. The van der Waals surface area contributed by atoms with Crippen LogP contribution in [-0.2, 0) is 6.54 Å². The highest BCUT2D eigenvalue weighted by Crippen LogP contribution is 2.14. The summed E-state index contributed by atoms with van der Waals surface area (Å²) in [4.78, 5) is 2.31. The molecular formula is C18H24N2O. The maximum atomic E-state index is 5.26. The van der Waals surface area contributed by atoms with Crippen LogP contribution in [0, 0.1) is 6.92 Å². The fraction of sp³-hybridized carbons (Fsp3) is 0.333. The lowest BCUT2D eigenvalue weighted by molar-refractivity contribution is 0.338. The van der Waals surface area contributed by atoms with Crippen LogP contribution in [0.1, 0.15) is 11.1 Å². The first-order valence-corrected chi connectivity index (χ1v) is 7.30. The monoisotopic (exact) mass is 284 g/mol. The largest absolute Gasteiger partial charge is 0.497 e. The van der Waals surface area contributed by atoms with Crippen molar-refractivity contribution in [3.05, 3.63) is 59.7 Å². The number of nitrogens with zero attached hydrogens (tertiary/aromatic N) is 1. The lowest BCUT2D eigenvalue weighted by Gasteiger charge is -2.18. The first-order chi connectivity index (χ1) is 10.2. The van der Waals surface area contributed by atoms with Gasteiger partial charge in [-0.25, -0.2) is 0 Å². The fourth-order valence-corrected chi connectivity index (χ4v) is 2.31. The number of hydrogen-bond donors (Lipinski definition) is 1. The molecule has 0 spiro atoms. The summed E-state index contributed by atoms with van der Waals surface area (Å²) < 4.78 is 5.26. The number of nitrogens with one attached hydrogen (secondary N) is 1. The molecule has 21 heavy (non-hydrogen) atoms. The fourth-order valence-electron chi connectivity index (χ4n) is 2.31. The Balaban J connectivity index is 1.79. The number of benzene rings is 2. The predicted molar refractivity (Wildman–Crippen MR) is 89.0 cm³/mol. The Hall–Kier alpha value is -2.00. The number of anilines is 1. The summed E-state index contributed by atoms with van der Waals surface area (Å²) in [6.45, 7) is 4.98. The molecule has 2 aromatic rings. The quantitative estimate of drug-likeness (QED) is 0.841. The van der Waals surface area contributed by atoms with E-state index in [2.05, 4.69) is 60.6 Å². The minimum atomic E-state index is 0.916. The second kappa shape index (κ2) is 7.70. The Morgan fingerprint density at radius 3 is 2.67 bits per heavy atom. The van der Waals surface area contributed by atoms with Crippen LogP contribution in [-0.4, -0.2) is 32.1 Å². The third-order valence-electron chi connectivity index (χ3n) is 3.54. The van der Waals surface area contributed by atoms with Crippen molar-refractivity contribution in [3.63, 3.8) is 0 Å². The van der Waals surface area contributed by atoms with Crippen LogP contribution in [0.25, 0.3) is 0 Å². The van der Waals surface area contributed by atoms with Gasteiger partial charge in [0.15, 0.2) is 0 Å². The lowest BCUT2D eigenvalue weighted by atomic mass is 10.2. The van der Waals surface area contributed by atoms with Crippen LogP contribution in [0.5, 0.6) is 5.75 Å². The standard InChI is InChI=1S/C18H24N2O/c1-15-7-4-5-10-18(15)19-11-12-20(2)14-16-8-6-9-17(13-16)21-3/h4-10,13,19H,11-12,14H2,1-3H3. The van der Waals surface area contributed by atoms with Gasteiger partial charge in [-0.1, -0.05) is 30.3 Å². The molecule has 0 unspecified atom stereocenters. The first-order valence-electron chi connectivity index (χ1n) is 7.30. The molecule has 0 fully saturated rings. The number of likely N-dealkylation sites (N-methyl/N-ethyl adjacent to an activating group) is 1. The lowest BCUT2D eigenvalue weighted by Crippen LogP contribution is -2.24. The Bertz CT molecular complexity index is 569. The number of methoxy groups -OCH3 is 1. The molecule has 3 heteroatoms. The molecule has 0 aliphatic heterocycles. The van der Waals surface area contributed by atoms with E-state index in [4.69, 9.17) is 4.74 Å². The van der Waals surface area contributed by atoms with Crippen molar-refractivity contribution in [2.75, 3.05) is 32.6 Å². The van der Waals surface area contributed by atoms with Crippen molar-refractivity contribution in [1.82, 2.24) is 4.90 Å². The number of para-hydroxylation sites is 1. The zero-order chi connectivity index (χ0) is 15.1. The Kier molecular flexibility index (Phi) is 5.64. The van der Waals surface area contributed by atoms with Crippen LogP contribution < -0.4 is 10.1 Å². The molecule has 0 aliphatic carbocycles. The highest BCUT2D eigenvalue weighted by Gasteiger charge is 2.02. The number of aryl methyl sites for hydroxylation is 1. The zero-order valence-corrected chi connectivity index (χ0v) is 13.1. The summed E-state index contributed by atoms with van der Waals surface area (Å²) in [6, 6.07) is 16.6. The molecule has 0 atom stereocenters. The maximum Gasteiger partial charge on any atom is 0.119 e. The van der Waals surface area contributed by atoms with Crippen LogP contribution in [0.2, 0.25) is 0 Å². The van der Waals surface area contributed by atoms with Gasteiger partial charge in [0.2, 0.25) is 0 Å². The van der Waals surface area contributed by atoms with Gasteiger partial charge in [-0.05, 0) is 43.3 Å². The molecule has 0 aliphatic rings. The molecule has 3 nitrogen and oxygen atoms in total. The molecule has 1 N–H and O–H groups in total. The number of rotatable bonds is 7. The van der Waals surface area contributed by atoms with E-state index in [1.807, 2.05) is 12.1 Å². The van der Waals surface area contributed by atoms with E-state index in [1.54, 1.807) is 7.11 Å². The SMILES string of the molecule is COc1cccc(CN(C)CCNc2ccccc2C)c1. The van der Waals surface area contributed by atoms with Crippen molar-refractivity contribution >= 4 is 5.69 Å². The third-order valence-corrected chi connectivity index (χ3v) is 3.54. The summed E-state index contributed by atoms with van der Waals surface area (Å²) in [7, 11) is 3.84. The smallest absolute Gasteiger partial charge is 0.119 e. The second-order valence-corrected chi connectivity index (χ2v) is 5.33. The third kappa shape index (κ3) is 4.80. The van der Waals surface area contributed by atoms with Gasteiger partial charge in [-0.2, -0.15) is 0 Å². The molecule has 0 saturated carbocycles. The molecule has 2 rings (SSSR count). The van der Waals surface area contributed by atoms with Gasteiger partial charge in [0.05, 0.1) is 7.11 Å². The molecule has 0 amide bonds. The van der Waals surface area contributed by atoms with Gasteiger partial charge in [0, 0.05) is 25.3 Å². The number of hydrogen-bond acceptors (Lipinski definition) is 3. The normalized spacial score (nSPS) is 10.7. The molecule has 0 bridgehead atoms. The molecule has 2 aromatic carbocycles. The maximum absolute atomic E-state index is 5.26. The van der Waals surface area contributed by atoms with Crippen molar-refractivity contribution in [2.45, 2.75) is 13.5 Å². The first kappa shape index (κ1) is 15.4. The Morgan fingerprint density at radius 2 is 1.90 bits per heavy atom. The molecule has 112 valence electrons. The van der Waals surface area contributed by atoms with Crippen LogP contribution in [0.15, 0.2) is 48.5 Å². The van der Waals surface area contributed by atoms with Crippen LogP contribution >= 0.6 is 0 Å². The van der Waals surface area contributed by atoms with E-state index >= 15 is 0 Å². The van der Waals surface area contributed by atoms with Gasteiger partial charge in [0.25, 0.3) is 0 Å². The van der Waals surface area contributed by atoms with E-state index < -0.39 is 0 Å². The van der Waals surface area contributed by atoms with Crippen LogP contribution in [0.4, 0.5) is 5.69 Å². The van der Waals surface area contributed by atoms with Gasteiger partial charge < -0.3 is 15.0 Å². The predicted octanol–water partition coefficient (Wildman–Crippen LogP) is 3.55. The highest BCUT2D eigenvalue weighted by molar-refractivity contribution is 5.50. The Morgan fingerprint density at radius 1 is 1.10 bits per heavy atom. The van der Waals surface area contributed by atoms with E-state index in [0.29, 0.717) is 0 Å². The molecule has 0 heterocycles. The van der Waals surface area contributed by atoms with Gasteiger partial charge in [0.1, 0.15) is 5.75 Å². The van der Waals surface area contributed by atoms with Crippen molar-refractivity contribution in [1.29, 1.82) is 0 Å². The summed E-state index contributed by atoms with van der Waals surface area (Å²) in [5.41, 5.74) is 3.77. The summed E-state index contributed by atoms with van der Waals surface area (Å²) >= 11 is 0. The van der Waals surface area contributed by atoms with E-state index in [0.717, 1.165) is 25.4 Å². The molecule has 0 saturated heterocycles. The van der Waals surface area contributed by atoms with Crippen molar-refractivity contribution in [3.8, 4) is 5.75 Å². The molecule has 0 aromatic heterocycles. The molecular weight excluding hydrogens is 260 g/mol. The van der Waals surface area contributed by atoms with Crippen molar-refractivity contribution in [2.24, 2.45) is 0 Å². The molecule has 0 radical (unpaired) electrons. The zero-order valence-electron chi connectivity index (χ0n) is 13.1. The van der Waals surface area contributed by atoms with Gasteiger partial charge in [-0.15, -0.1) is 0 Å². The van der Waals surface area contributed by atoms with Gasteiger partial charge >= 0.3 is 0 Å².